The van der Waals surface area contributed by atoms with Gasteiger partial charge in [0.25, 0.3) is 15.2 Å². The van der Waals surface area contributed by atoms with Gasteiger partial charge in [-0.25, -0.2) is 13.6 Å². The maximum Gasteiger partial charge on any atom is 0.273 e. The van der Waals surface area contributed by atoms with Gasteiger partial charge in [-0.15, -0.1) is 10.2 Å². The van der Waals surface area contributed by atoms with Crippen LogP contribution >= 0.6 is 0 Å². The zero-order valence-electron chi connectivity index (χ0n) is 10.4. The molecule has 2 fully saturated rings. The molecule has 0 aliphatic heterocycles. The summed E-state index contributed by atoms with van der Waals surface area (Å²) in [4.78, 5) is 0. The first-order chi connectivity index (χ1) is 8.45. The van der Waals surface area contributed by atoms with Crippen LogP contribution in [0.4, 0.5) is 0 Å². The Balaban J connectivity index is 1.80. The van der Waals surface area contributed by atoms with Crippen LogP contribution < -0.4 is 5.14 Å². The number of nitrogens with zero attached hydrogens (tertiary/aromatic N) is 3. The third-order valence-corrected chi connectivity index (χ3v) is 5.37. The van der Waals surface area contributed by atoms with E-state index >= 15 is 0 Å². The van der Waals surface area contributed by atoms with Gasteiger partial charge in [0.1, 0.15) is 5.82 Å². The lowest BCUT2D eigenvalue weighted by molar-refractivity contribution is 0.324. The van der Waals surface area contributed by atoms with Crippen LogP contribution in [0, 0.1) is 17.8 Å². The third-order valence-electron chi connectivity index (χ3n) is 4.51. The summed E-state index contributed by atoms with van der Waals surface area (Å²) in [5, 5.41) is 12.6. The summed E-state index contributed by atoms with van der Waals surface area (Å²) >= 11 is 0. The highest BCUT2D eigenvalue weighted by Crippen LogP contribution is 2.49. The van der Waals surface area contributed by atoms with Crippen LogP contribution in [0.15, 0.2) is 5.16 Å². The minimum Gasteiger partial charge on any atom is -0.304 e. The van der Waals surface area contributed by atoms with Gasteiger partial charge in [0, 0.05) is 13.5 Å². The van der Waals surface area contributed by atoms with Gasteiger partial charge in [0.15, 0.2) is 0 Å². The van der Waals surface area contributed by atoms with E-state index in [1.165, 1.54) is 30.3 Å². The molecule has 2 aliphatic carbocycles. The Hall–Kier alpha value is -0.950. The van der Waals surface area contributed by atoms with Gasteiger partial charge in [-0.1, -0.05) is 6.42 Å². The molecule has 0 aromatic carbocycles. The van der Waals surface area contributed by atoms with E-state index in [0.29, 0.717) is 5.92 Å². The van der Waals surface area contributed by atoms with E-state index in [2.05, 4.69) is 10.2 Å². The lowest BCUT2D eigenvalue weighted by Crippen LogP contribution is -2.19. The Labute approximate surface area is 107 Å². The standard InChI is InChI=1S/C11H18N4O2S/c1-15-10(13-14-11(15)18(12,16)17)6-9-5-7-2-3-8(9)4-7/h7-9H,2-6H2,1H3,(H2,12,16,17). The Morgan fingerprint density at radius 1 is 1.33 bits per heavy atom. The SMILES string of the molecule is Cn1c(CC2CC3CCC2C3)nnc1S(N)(=O)=O. The molecule has 0 saturated heterocycles. The molecule has 3 unspecified atom stereocenters. The van der Waals surface area contributed by atoms with E-state index in [-0.39, 0.29) is 5.16 Å². The first-order valence-electron chi connectivity index (χ1n) is 6.36. The highest BCUT2D eigenvalue weighted by molar-refractivity contribution is 7.89. The summed E-state index contributed by atoms with van der Waals surface area (Å²) < 4.78 is 24.1. The molecule has 1 heterocycles. The average molecular weight is 270 g/mol. The van der Waals surface area contributed by atoms with Crippen LogP contribution in [-0.2, 0) is 23.5 Å². The van der Waals surface area contributed by atoms with Crippen molar-refractivity contribution in [1.82, 2.24) is 14.8 Å². The maximum atomic E-state index is 11.3. The Bertz CT molecular complexity index is 566. The number of fused-ring (bicyclic) bond motifs is 2. The molecule has 100 valence electrons. The first-order valence-corrected chi connectivity index (χ1v) is 7.91. The normalized spacial score (nSPS) is 31.1. The van der Waals surface area contributed by atoms with E-state index in [0.717, 1.165) is 24.1 Å². The van der Waals surface area contributed by atoms with Crippen molar-refractivity contribution >= 4 is 10.0 Å². The summed E-state index contributed by atoms with van der Waals surface area (Å²) in [6, 6.07) is 0. The molecule has 2 saturated carbocycles. The molecule has 2 N–H and O–H groups in total. The number of hydrogen-bond acceptors (Lipinski definition) is 4. The molecule has 6 nitrogen and oxygen atoms in total. The first kappa shape index (κ1) is 12.1. The third kappa shape index (κ3) is 1.95. The summed E-state index contributed by atoms with van der Waals surface area (Å²) in [7, 11) is -2.10. The summed E-state index contributed by atoms with van der Waals surface area (Å²) in [6.07, 6.45) is 6.09. The molecule has 7 heteroatoms. The minimum atomic E-state index is -3.77. The van der Waals surface area contributed by atoms with Gasteiger partial charge >= 0.3 is 0 Å². The fourth-order valence-electron chi connectivity index (χ4n) is 3.63. The topological polar surface area (TPSA) is 90.9 Å². The van der Waals surface area contributed by atoms with Crippen molar-refractivity contribution in [3.8, 4) is 0 Å². The van der Waals surface area contributed by atoms with Crippen LogP contribution in [0.3, 0.4) is 0 Å². The number of nitrogens with two attached hydrogens (primary N) is 1. The second-order valence-corrected chi connectivity index (χ2v) is 7.10. The van der Waals surface area contributed by atoms with E-state index in [4.69, 9.17) is 5.14 Å². The number of hydrogen-bond donors (Lipinski definition) is 1. The number of rotatable bonds is 3. The van der Waals surface area contributed by atoms with Crippen LogP contribution in [0.25, 0.3) is 0 Å². The van der Waals surface area contributed by atoms with Gasteiger partial charge in [0.2, 0.25) is 0 Å². The fourth-order valence-corrected chi connectivity index (χ4v) is 4.27. The monoisotopic (exact) mass is 270 g/mol. The van der Waals surface area contributed by atoms with Crippen LogP contribution in [-0.4, -0.2) is 23.2 Å². The van der Waals surface area contributed by atoms with Crippen molar-refractivity contribution in [1.29, 1.82) is 0 Å². The van der Waals surface area contributed by atoms with E-state index in [1.54, 1.807) is 7.05 Å². The van der Waals surface area contributed by atoms with Gasteiger partial charge < -0.3 is 4.57 Å². The maximum absolute atomic E-state index is 11.3. The van der Waals surface area contributed by atoms with Gasteiger partial charge in [-0.2, -0.15) is 0 Å². The number of sulfonamides is 1. The van der Waals surface area contributed by atoms with Gasteiger partial charge in [0.05, 0.1) is 0 Å². The molecule has 0 radical (unpaired) electrons. The Morgan fingerprint density at radius 2 is 2.11 bits per heavy atom. The predicted molar refractivity (Wildman–Crippen MR) is 65.0 cm³/mol. The molecule has 2 bridgehead atoms. The smallest absolute Gasteiger partial charge is 0.273 e. The predicted octanol–water partition coefficient (Wildman–Crippen LogP) is 0.441. The van der Waals surface area contributed by atoms with Crippen LogP contribution in [0.1, 0.15) is 31.5 Å². The summed E-state index contributed by atoms with van der Waals surface area (Å²) in [5.41, 5.74) is 0. The molecule has 0 amide bonds. The molecular weight excluding hydrogens is 252 g/mol. The lowest BCUT2D eigenvalue weighted by atomic mass is 9.86. The van der Waals surface area contributed by atoms with Crippen LogP contribution in [0.2, 0.25) is 0 Å². The average Bonchev–Trinajstić information content (AvgIpc) is 2.94. The molecule has 3 rings (SSSR count). The second kappa shape index (κ2) is 4.03. The molecule has 2 aliphatic rings. The van der Waals surface area contributed by atoms with Crippen molar-refractivity contribution in [3.63, 3.8) is 0 Å². The second-order valence-electron chi connectivity index (χ2n) is 5.64. The largest absolute Gasteiger partial charge is 0.304 e. The molecule has 1 aromatic rings. The van der Waals surface area contributed by atoms with Crippen molar-refractivity contribution in [2.75, 3.05) is 0 Å². The Morgan fingerprint density at radius 3 is 2.61 bits per heavy atom. The lowest BCUT2D eigenvalue weighted by Gasteiger charge is -2.20. The molecule has 18 heavy (non-hydrogen) atoms. The van der Waals surface area contributed by atoms with Gasteiger partial charge in [-0.05, 0) is 37.0 Å². The highest BCUT2D eigenvalue weighted by Gasteiger charge is 2.40. The zero-order valence-corrected chi connectivity index (χ0v) is 11.2. The van der Waals surface area contributed by atoms with Crippen molar-refractivity contribution in [2.24, 2.45) is 29.9 Å². The molecule has 1 aromatic heterocycles. The van der Waals surface area contributed by atoms with E-state index in [9.17, 15) is 8.42 Å². The molecular formula is C11H18N4O2S. The van der Waals surface area contributed by atoms with E-state index in [1.807, 2.05) is 0 Å². The summed E-state index contributed by atoms with van der Waals surface area (Å²) in [5.74, 6) is 3.05. The van der Waals surface area contributed by atoms with Crippen molar-refractivity contribution in [3.05, 3.63) is 5.82 Å². The quantitative estimate of drug-likeness (QED) is 0.863. The number of primary sulfonamides is 1. The molecule has 0 spiro atoms. The number of aromatic nitrogens is 3. The fraction of sp³-hybridized carbons (Fsp3) is 0.818. The molecule has 3 atom stereocenters. The highest BCUT2D eigenvalue weighted by atomic mass is 32.2. The Kier molecular flexibility index (Phi) is 2.71. The van der Waals surface area contributed by atoms with Crippen LogP contribution in [0.5, 0.6) is 0 Å². The van der Waals surface area contributed by atoms with E-state index < -0.39 is 10.0 Å². The van der Waals surface area contributed by atoms with Crippen molar-refractivity contribution in [2.45, 2.75) is 37.3 Å². The summed E-state index contributed by atoms with van der Waals surface area (Å²) in [6.45, 7) is 0. The zero-order chi connectivity index (χ0) is 12.9. The van der Waals surface area contributed by atoms with Gasteiger partial charge in [-0.3, -0.25) is 0 Å². The van der Waals surface area contributed by atoms with Crippen molar-refractivity contribution < 1.29 is 8.42 Å². The minimum absolute atomic E-state index is 0.138.